The smallest absolute Gasteiger partial charge is 0.193 e. The van der Waals surface area contributed by atoms with Crippen LogP contribution in [0.25, 0.3) is 0 Å². The highest BCUT2D eigenvalue weighted by molar-refractivity contribution is 7.98. The van der Waals surface area contributed by atoms with E-state index in [-0.39, 0.29) is 0 Å². The van der Waals surface area contributed by atoms with Gasteiger partial charge in [0.1, 0.15) is 5.76 Å². The van der Waals surface area contributed by atoms with Gasteiger partial charge in [0, 0.05) is 0 Å². The first-order chi connectivity index (χ1) is 7.24. The number of furan rings is 1. The Morgan fingerprint density at radius 3 is 2.80 bits per heavy atom. The highest BCUT2D eigenvalue weighted by Crippen LogP contribution is 2.50. The van der Waals surface area contributed by atoms with Crippen LogP contribution in [0.4, 0.5) is 0 Å². The molecule has 1 saturated carbocycles. The van der Waals surface area contributed by atoms with Gasteiger partial charge in [-0.15, -0.1) is 0 Å². The molecule has 1 fully saturated rings. The summed E-state index contributed by atoms with van der Waals surface area (Å²) in [7, 11) is 0. The summed E-state index contributed by atoms with van der Waals surface area (Å²) < 4.78 is 5.30. The second kappa shape index (κ2) is 4.81. The van der Waals surface area contributed by atoms with Crippen LogP contribution in [0.15, 0.2) is 16.5 Å². The van der Waals surface area contributed by atoms with Gasteiger partial charge in [0.15, 0.2) is 5.22 Å². The molecule has 1 aromatic heterocycles. The topological polar surface area (TPSA) is 39.2 Å². The van der Waals surface area contributed by atoms with Crippen LogP contribution in [0, 0.1) is 5.41 Å². The summed E-state index contributed by atoms with van der Waals surface area (Å²) in [5.74, 6) is 3.08. The largest absolute Gasteiger partial charge is 0.449 e. The minimum atomic E-state index is 0.480. The molecule has 1 aliphatic rings. The van der Waals surface area contributed by atoms with Crippen molar-refractivity contribution < 1.29 is 4.42 Å². The summed E-state index contributed by atoms with van der Waals surface area (Å²) >= 11 is 7.62. The average Bonchev–Trinajstić information content (AvgIpc) is 2.83. The van der Waals surface area contributed by atoms with E-state index in [0.717, 1.165) is 18.1 Å². The number of hydrogen-bond donors (Lipinski definition) is 1. The molecule has 0 amide bonds. The third-order valence-electron chi connectivity index (χ3n) is 2.91. The van der Waals surface area contributed by atoms with Gasteiger partial charge in [-0.1, -0.05) is 0 Å². The van der Waals surface area contributed by atoms with Crippen molar-refractivity contribution in [3.8, 4) is 0 Å². The lowest BCUT2D eigenvalue weighted by molar-refractivity contribution is 0.527. The first-order valence-corrected chi connectivity index (χ1v) is 6.79. The predicted octanol–water partition coefficient (Wildman–Crippen LogP) is 3.30. The Hall–Kier alpha value is -0.120. The van der Waals surface area contributed by atoms with Crippen molar-refractivity contribution in [1.29, 1.82) is 0 Å². The number of hydrogen-bond acceptors (Lipinski definition) is 3. The van der Waals surface area contributed by atoms with Crippen molar-refractivity contribution in [1.82, 2.24) is 0 Å². The first-order valence-electron chi connectivity index (χ1n) is 5.26. The van der Waals surface area contributed by atoms with E-state index in [1.807, 2.05) is 17.8 Å². The molecule has 1 heterocycles. The Balaban J connectivity index is 1.71. The SMILES string of the molecule is NCCC1(CSCc2ccc(Cl)o2)CC1. The maximum absolute atomic E-state index is 5.70. The first kappa shape index (κ1) is 11.4. The number of thioether (sulfide) groups is 1. The lowest BCUT2D eigenvalue weighted by Gasteiger charge is -2.12. The zero-order chi connectivity index (χ0) is 10.7. The fourth-order valence-corrected chi connectivity index (χ4v) is 3.23. The van der Waals surface area contributed by atoms with E-state index in [1.54, 1.807) is 6.07 Å². The molecular formula is C11H16ClNOS. The second-order valence-electron chi connectivity index (χ2n) is 4.24. The van der Waals surface area contributed by atoms with Gasteiger partial charge in [-0.2, -0.15) is 11.8 Å². The van der Waals surface area contributed by atoms with Crippen molar-refractivity contribution >= 4 is 23.4 Å². The van der Waals surface area contributed by atoms with Crippen LogP contribution in [0.5, 0.6) is 0 Å². The molecule has 0 saturated heterocycles. The minimum absolute atomic E-state index is 0.480. The third kappa shape index (κ3) is 3.16. The van der Waals surface area contributed by atoms with Crippen molar-refractivity contribution in [2.24, 2.45) is 11.1 Å². The van der Waals surface area contributed by atoms with Crippen molar-refractivity contribution in [3.05, 3.63) is 23.1 Å². The van der Waals surface area contributed by atoms with E-state index in [4.69, 9.17) is 21.8 Å². The van der Waals surface area contributed by atoms with Crippen molar-refractivity contribution in [2.75, 3.05) is 12.3 Å². The van der Waals surface area contributed by atoms with E-state index >= 15 is 0 Å². The van der Waals surface area contributed by atoms with Crippen molar-refractivity contribution in [3.63, 3.8) is 0 Å². The van der Waals surface area contributed by atoms with Gasteiger partial charge < -0.3 is 10.2 Å². The van der Waals surface area contributed by atoms with Crippen LogP contribution in [0.2, 0.25) is 5.22 Å². The van der Waals surface area contributed by atoms with E-state index in [2.05, 4.69) is 0 Å². The molecule has 0 aliphatic heterocycles. The summed E-state index contributed by atoms with van der Waals surface area (Å²) in [5.41, 5.74) is 6.15. The van der Waals surface area contributed by atoms with Crippen LogP contribution in [0.1, 0.15) is 25.0 Å². The van der Waals surface area contributed by atoms with Gasteiger partial charge in [-0.25, -0.2) is 0 Å². The van der Waals surface area contributed by atoms with Crippen LogP contribution in [-0.2, 0) is 5.75 Å². The van der Waals surface area contributed by atoms with E-state index in [1.165, 1.54) is 25.0 Å². The van der Waals surface area contributed by atoms with Gasteiger partial charge in [0.2, 0.25) is 0 Å². The molecule has 1 aliphatic carbocycles. The molecule has 0 unspecified atom stereocenters. The highest BCUT2D eigenvalue weighted by Gasteiger charge is 2.41. The van der Waals surface area contributed by atoms with E-state index in [9.17, 15) is 0 Å². The fraction of sp³-hybridized carbons (Fsp3) is 0.636. The molecular weight excluding hydrogens is 230 g/mol. The molecule has 84 valence electrons. The summed E-state index contributed by atoms with van der Waals surface area (Å²) in [6, 6.07) is 3.74. The number of rotatable bonds is 6. The minimum Gasteiger partial charge on any atom is -0.449 e. The maximum Gasteiger partial charge on any atom is 0.193 e. The lowest BCUT2D eigenvalue weighted by Crippen LogP contribution is -2.11. The molecule has 0 aromatic carbocycles. The Kier molecular flexibility index (Phi) is 3.65. The van der Waals surface area contributed by atoms with Gasteiger partial charge in [0.05, 0.1) is 5.75 Å². The second-order valence-corrected chi connectivity index (χ2v) is 5.60. The maximum atomic E-state index is 5.70. The zero-order valence-electron chi connectivity index (χ0n) is 8.67. The standard InChI is InChI=1S/C11H16ClNOS/c12-10-2-1-9(14-10)7-15-8-11(3-4-11)5-6-13/h1-2H,3-8,13H2. The van der Waals surface area contributed by atoms with E-state index in [0.29, 0.717) is 10.6 Å². The van der Waals surface area contributed by atoms with Crippen LogP contribution >= 0.6 is 23.4 Å². The summed E-state index contributed by atoms with van der Waals surface area (Å²) in [6.07, 6.45) is 3.85. The van der Waals surface area contributed by atoms with Crippen LogP contribution < -0.4 is 5.73 Å². The number of nitrogens with two attached hydrogens (primary N) is 1. The predicted molar refractivity (Wildman–Crippen MR) is 65.2 cm³/mol. The van der Waals surface area contributed by atoms with Gasteiger partial charge >= 0.3 is 0 Å². The quantitative estimate of drug-likeness (QED) is 0.836. The highest BCUT2D eigenvalue weighted by atomic mass is 35.5. The Bertz CT molecular complexity index is 322. The van der Waals surface area contributed by atoms with Gasteiger partial charge in [-0.3, -0.25) is 0 Å². The van der Waals surface area contributed by atoms with Gasteiger partial charge in [-0.05, 0) is 60.7 Å². The Labute approximate surface area is 99.5 Å². The molecule has 0 bridgehead atoms. The molecule has 1 aromatic rings. The normalized spacial score (nSPS) is 18.0. The van der Waals surface area contributed by atoms with Gasteiger partial charge in [0.25, 0.3) is 0 Å². The molecule has 15 heavy (non-hydrogen) atoms. The van der Waals surface area contributed by atoms with Crippen LogP contribution in [-0.4, -0.2) is 12.3 Å². The summed E-state index contributed by atoms with van der Waals surface area (Å²) in [4.78, 5) is 0. The molecule has 4 heteroatoms. The van der Waals surface area contributed by atoms with E-state index < -0.39 is 0 Å². The monoisotopic (exact) mass is 245 g/mol. The number of halogens is 1. The summed E-state index contributed by atoms with van der Waals surface area (Å²) in [5, 5.41) is 0.480. The Morgan fingerprint density at radius 1 is 1.47 bits per heavy atom. The average molecular weight is 246 g/mol. The third-order valence-corrected chi connectivity index (χ3v) is 4.42. The lowest BCUT2D eigenvalue weighted by atomic mass is 10.1. The molecule has 2 nitrogen and oxygen atoms in total. The zero-order valence-corrected chi connectivity index (χ0v) is 10.2. The summed E-state index contributed by atoms with van der Waals surface area (Å²) in [6.45, 7) is 0.813. The fourth-order valence-electron chi connectivity index (χ4n) is 1.75. The Morgan fingerprint density at radius 2 is 2.27 bits per heavy atom. The molecule has 2 N–H and O–H groups in total. The van der Waals surface area contributed by atoms with Crippen molar-refractivity contribution in [2.45, 2.75) is 25.0 Å². The molecule has 0 spiro atoms. The molecule has 0 radical (unpaired) electrons. The molecule has 2 rings (SSSR count). The van der Waals surface area contributed by atoms with Crippen LogP contribution in [0.3, 0.4) is 0 Å². The molecule has 0 atom stereocenters.